The molecule has 0 bridgehead atoms. The number of benzene rings is 2. The number of amides is 1. The number of aromatic nitrogens is 3. The maximum atomic E-state index is 14.1. The monoisotopic (exact) mass is 344 g/mol. The van der Waals surface area contributed by atoms with E-state index in [4.69, 9.17) is 4.74 Å². The third-order valence-electron chi connectivity index (χ3n) is 3.47. The molecule has 2 aromatic carbocycles. The van der Waals surface area contributed by atoms with Crippen LogP contribution in [0.25, 0.3) is 0 Å². The average Bonchev–Trinajstić information content (AvgIpc) is 3.04. The molecule has 25 heavy (non-hydrogen) atoms. The molecule has 3 aromatic rings. The van der Waals surface area contributed by atoms with Gasteiger partial charge in [-0.1, -0.05) is 18.2 Å². The van der Waals surface area contributed by atoms with Gasteiger partial charge in [0.2, 0.25) is 5.95 Å². The van der Waals surface area contributed by atoms with Gasteiger partial charge < -0.3 is 4.74 Å². The molecule has 0 radical (unpaired) electrons. The smallest absolute Gasteiger partial charge is 0.261 e. The standard InChI is InChI=1S/C17H14F2N4O2/c1-25-13-4-2-3-12(15(13)19)16(24)21-17-20-14(22-23-17)9-10-5-7-11(18)8-6-10/h2-8H,9H2,1H3,(H2,20,21,22,23,24). The van der Waals surface area contributed by atoms with Gasteiger partial charge in [0, 0.05) is 6.42 Å². The molecule has 0 aliphatic carbocycles. The summed E-state index contributed by atoms with van der Waals surface area (Å²) < 4.78 is 31.8. The molecular weight excluding hydrogens is 330 g/mol. The first-order chi connectivity index (χ1) is 12.1. The number of nitrogens with zero attached hydrogens (tertiary/aromatic N) is 2. The Morgan fingerprint density at radius 2 is 1.96 bits per heavy atom. The highest BCUT2D eigenvalue weighted by Gasteiger charge is 2.17. The summed E-state index contributed by atoms with van der Waals surface area (Å²) in [6.07, 6.45) is 0.386. The minimum absolute atomic E-state index is 0.0179. The van der Waals surface area contributed by atoms with Crippen LogP contribution in [0, 0.1) is 11.6 Å². The fourth-order valence-corrected chi connectivity index (χ4v) is 2.24. The van der Waals surface area contributed by atoms with E-state index in [1.54, 1.807) is 12.1 Å². The van der Waals surface area contributed by atoms with E-state index in [-0.39, 0.29) is 23.1 Å². The minimum Gasteiger partial charge on any atom is -0.494 e. The minimum atomic E-state index is -0.760. The lowest BCUT2D eigenvalue weighted by molar-refractivity contribution is 0.102. The maximum absolute atomic E-state index is 14.1. The fourth-order valence-electron chi connectivity index (χ4n) is 2.24. The van der Waals surface area contributed by atoms with Crippen LogP contribution in [0.1, 0.15) is 21.7 Å². The Labute approximate surface area is 141 Å². The quantitative estimate of drug-likeness (QED) is 0.746. The number of halogens is 2. The highest BCUT2D eigenvalue weighted by Crippen LogP contribution is 2.20. The van der Waals surface area contributed by atoms with Crippen LogP contribution in [0.4, 0.5) is 14.7 Å². The topological polar surface area (TPSA) is 79.9 Å². The second-order valence-corrected chi connectivity index (χ2v) is 5.18. The number of carbonyl (C=O) groups is 1. The third kappa shape index (κ3) is 3.79. The largest absolute Gasteiger partial charge is 0.494 e. The first-order valence-electron chi connectivity index (χ1n) is 7.36. The fraction of sp³-hybridized carbons (Fsp3) is 0.118. The van der Waals surface area contributed by atoms with Crippen molar-refractivity contribution in [1.29, 1.82) is 0 Å². The van der Waals surface area contributed by atoms with Gasteiger partial charge in [0.1, 0.15) is 11.6 Å². The number of nitrogens with one attached hydrogen (secondary N) is 2. The summed E-state index contributed by atoms with van der Waals surface area (Å²) in [4.78, 5) is 16.3. The van der Waals surface area contributed by atoms with Crippen molar-refractivity contribution in [1.82, 2.24) is 15.2 Å². The highest BCUT2D eigenvalue weighted by atomic mass is 19.1. The average molecular weight is 344 g/mol. The van der Waals surface area contributed by atoms with Gasteiger partial charge in [-0.3, -0.25) is 15.2 Å². The van der Waals surface area contributed by atoms with Crippen LogP contribution < -0.4 is 10.1 Å². The summed E-state index contributed by atoms with van der Waals surface area (Å²) in [5.41, 5.74) is 0.651. The van der Waals surface area contributed by atoms with E-state index in [1.807, 2.05) is 0 Å². The number of ether oxygens (including phenoxy) is 1. The molecular formula is C17H14F2N4O2. The molecule has 6 nitrogen and oxygen atoms in total. The van der Waals surface area contributed by atoms with Crippen LogP contribution in [0.3, 0.4) is 0 Å². The molecule has 8 heteroatoms. The second-order valence-electron chi connectivity index (χ2n) is 5.18. The lowest BCUT2D eigenvalue weighted by Crippen LogP contribution is -2.15. The Balaban J connectivity index is 1.71. The number of methoxy groups -OCH3 is 1. The van der Waals surface area contributed by atoms with Crippen LogP contribution in [0.5, 0.6) is 5.75 Å². The maximum Gasteiger partial charge on any atom is 0.261 e. The van der Waals surface area contributed by atoms with E-state index >= 15 is 0 Å². The number of aromatic amines is 1. The summed E-state index contributed by atoms with van der Waals surface area (Å²) in [5, 5.41) is 8.96. The van der Waals surface area contributed by atoms with Gasteiger partial charge in [0.15, 0.2) is 11.6 Å². The van der Waals surface area contributed by atoms with Crippen molar-refractivity contribution in [3.63, 3.8) is 0 Å². The van der Waals surface area contributed by atoms with Gasteiger partial charge in [-0.15, -0.1) is 5.10 Å². The molecule has 1 aromatic heterocycles. The van der Waals surface area contributed by atoms with E-state index in [2.05, 4.69) is 20.5 Å². The van der Waals surface area contributed by atoms with Crippen molar-refractivity contribution in [2.45, 2.75) is 6.42 Å². The molecule has 0 spiro atoms. The van der Waals surface area contributed by atoms with E-state index in [0.717, 1.165) is 5.56 Å². The Morgan fingerprint density at radius 3 is 2.68 bits per heavy atom. The van der Waals surface area contributed by atoms with Crippen LogP contribution in [-0.4, -0.2) is 28.2 Å². The Kier molecular flexibility index (Phi) is 4.69. The lowest BCUT2D eigenvalue weighted by atomic mass is 10.1. The van der Waals surface area contributed by atoms with E-state index in [0.29, 0.717) is 12.2 Å². The van der Waals surface area contributed by atoms with Crippen molar-refractivity contribution >= 4 is 11.9 Å². The summed E-state index contributed by atoms with van der Waals surface area (Å²) >= 11 is 0. The van der Waals surface area contributed by atoms with Gasteiger partial charge in [-0.05, 0) is 29.8 Å². The molecule has 0 fully saturated rings. The van der Waals surface area contributed by atoms with Gasteiger partial charge in [0.25, 0.3) is 5.91 Å². The predicted molar refractivity (Wildman–Crippen MR) is 86.5 cm³/mol. The molecule has 0 aliphatic rings. The van der Waals surface area contributed by atoms with E-state index in [1.165, 1.54) is 37.4 Å². The molecule has 3 rings (SSSR count). The first-order valence-corrected chi connectivity index (χ1v) is 7.36. The number of H-pyrrole nitrogens is 1. The van der Waals surface area contributed by atoms with Gasteiger partial charge in [-0.25, -0.2) is 8.78 Å². The first kappa shape index (κ1) is 16.6. The molecule has 1 amide bonds. The third-order valence-corrected chi connectivity index (χ3v) is 3.47. The van der Waals surface area contributed by atoms with E-state index < -0.39 is 11.7 Å². The van der Waals surface area contributed by atoms with Gasteiger partial charge in [-0.2, -0.15) is 4.98 Å². The molecule has 1 heterocycles. The van der Waals surface area contributed by atoms with Crippen LogP contribution in [0.2, 0.25) is 0 Å². The second kappa shape index (κ2) is 7.08. The van der Waals surface area contributed by atoms with Crippen LogP contribution >= 0.6 is 0 Å². The summed E-state index contributed by atoms with van der Waals surface area (Å²) in [7, 11) is 1.32. The number of rotatable bonds is 5. The number of hydrogen-bond acceptors (Lipinski definition) is 4. The Morgan fingerprint density at radius 1 is 1.20 bits per heavy atom. The lowest BCUT2D eigenvalue weighted by Gasteiger charge is -2.06. The molecule has 2 N–H and O–H groups in total. The van der Waals surface area contributed by atoms with Crippen molar-refractivity contribution < 1.29 is 18.3 Å². The summed E-state index contributed by atoms with van der Waals surface area (Å²) in [5.74, 6) is -1.31. The van der Waals surface area contributed by atoms with Crippen molar-refractivity contribution in [3.05, 3.63) is 71.1 Å². The predicted octanol–water partition coefficient (Wildman–Crippen LogP) is 2.93. The van der Waals surface area contributed by atoms with Gasteiger partial charge >= 0.3 is 0 Å². The zero-order chi connectivity index (χ0) is 17.8. The van der Waals surface area contributed by atoms with Crippen LogP contribution in [-0.2, 0) is 6.42 Å². The molecule has 0 saturated carbocycles. The number of carbonyl (C=O) groups excluding carboxylic acids is 1. The molecule has 0 saturated heterocycles. The SMILES string of the molecule is COc1cccc(C(=O)Nc2n[nH]c(Cc3ccc(F)cc3)n2)c1F. The molecule has 0 aliphatic heterocycles. The molecule has 128 valence electrons. The van der Waals surface area contributed by atoms with Crippen molar-refractivity contribution in [3.8, 4) is 5.75 Å². The van der Waals surface area contributed by atoms with Gasteiger partial charge in [0.05, 0.1) is 12.7 Å². The molecule has 0 unspecified atom stereocenters. The zero-order valence-electron chi connectivity index (χ0n) is 13.2. The number of anilines is 1. The number of hydrogen-bond donors (Lipinski definition) is 2. The zero-order valence-corrected chi connectivity index (χ0v) is 13.2. The summed E-state index contributed by atoms with van der Waals surface area (Å²) in [6, 6.07) is 10.2. The Bertz CT molecular complexity index is 894. The Hall–Kier alpha value is -3.29. The van der Waals surface area contributed by atoms with Crippen molar-refractivity contribution in [2.75, 3.05) is 12.4 Å². The highest BCUT2D eigenvalue weighted by molar-refractivity contribution is 6.03. The van der Waals surface area contributed by atoms with E-state index in [9.17, 15) is 13.6 Å². The normalized spacial score (nSPS) is 10.5. The molecule has 0 atom stereocenters. The van der Waals surface area contributed by atoms with Crippen molar-refractivity contribution in [2.24, 2.45) is 0 Å². The van der Waals surface area contributed by atoms with Crippen LogP contribution in [0.15, 0.2) is 42.5 Å². The summed E-state index contributed by atoms with van der Waals surface area (Å²) in [6.45, 7) is 0.